The van der Waals surface area contributed by atoms with E-state index in [2.05, 4.69) is 20.7 Å². The predicted molar refractivity (Wildman–Crippen MR) is 80.4 cm³/mol. The first-order valence-corrected chi connectivity index (χ1v) is 8.43. The fraction of sp³-hybridized carbons (Fsp3) is 0.429. The lowest BCUT2D eigenvalue weighted by atomic mass is 10.1. The van der Waals surface area contributed by atoms with Crippen LogP contribution in [0.1, 0.15) is 12.0 Å². The van der Waals surface area contributed by atoms with Crippen LogP contribution >= 0.6 is 0 Å². The monoisotopic (exact) mass is 329 g/mol. The standard InChI is InChI=1S/C14H20N3O2S.ClH/c1-16-10-11-17(12-16)9-3-4-13-5-7-14(8-6-13)15-20(2,18)19;/h5-8,10,15H,3-4,9,12H2,1-2H3;1H/q+1;/p-1. The van der Waals surface area contributed by atoms with Crippen LogP contribution in [0.25, 0.3) is 0 Å². The fourth-order valence-electron chi connectivity index (χ4n) is 2.09. The molecule has 0 saturated carbocycles. The number of nitrogens with zero attached hydrogens (tertiary/aromatic N) is 2. The third-order valence-electron chi connectivity index (χ3n) is 3.01. The number of rotatable bonds is 6. The first-order valence-electron chi connectivity index (χ1n) is 6.54. The van der Waals surface area contributed by atoms with Crippen LogP contribution in [-0.4, -0.2) is 44.7 Å². The number of aryl methyl sites for hydroxylation is 1. The van der Waals surface area contributed by atoms with E-state index in [0.717, 1.165) is 32.3 Å². The van der Waals surface area contributed by atoms with Gasteiger partial charge in [0.1, 0.15) is 6.67 Å². The number of anilines is 1. The molecule has 1 aliphatic heterocycles. The molecular formula is C14H20ClN3O2S. The number of nitrogens with one attached hydrogen (secondary N) is 1. The zero-order chi connectivity index (χ0) is 14.6. The summed E-state index contributed by atoms with van der Waals surface area (Å²) < 4.78 is 24.7. The van der Waals surface area contributed by atoms with Crippen LogP contribution in [0.4, 0.5) is 5.69 Å². The van der Waals surface area contributed by atoms with Crippen molar-refractivity contribution in [2.75, 3.05) is 31.2 Å². The lowest BCUT2D eigenvalue weighted by Gasteiger charge is -2.09. The van der Waals surface area contributed by atoms with Crippen LogP contribution in [-0.2, 0) is 16.4 Å². The van der Waals surface area contributed by atoms with Gasteiger partial charge < -0.3 is 17.3 Å². The van der Waals surface area contributed by atoms with E-state index in [-0.39, 0.29) is 12.4 Å². The number of halogens is 1. The van der Waals surface area contributed by atoms with Crippen molar-refractivity contribution in [3.8, 4) is 0 Å². The Morgan fingerprint density at radius 3 is 2.48 bits per heavy atom. The van der Waals surface area contributed by atoms with Gasteiger partial charge in [-0.15, -0.1) is 0 Å². The smallest absolute Gasteiger partial charge is 0.391 e. The first kappa shape index (κ1) is 17.6. The van der Waals surface area contributed by atoms with E-state index >= 15 is 0 Å². The maximum Gasteiger partial charge on any atom is 0.391 e. The summed E-state index contributed by atoms with van der Waals surface area (Å²) in [5.74, 6) is 0. The third kappa shape index (κ3) is 6.21. The van der Waals surface area contributed by atoms with Crippen LogP contribution in [0.2, 0.25) is 0 Å². The Kier molecular flexibility index (Phi) is 6.27. The van der Waals surface area contributed by atoms with Crippen LogP contribution in [0.3, 0.4) is 0 Å². The van der Waals surface area contributed by atoms with Crippen molar-refractivity contribution >= 4 is 15.7 Å². The molecule has 5 nitrogen and oxygen atoms in total. The van der Waals surface area contributed by atoms with Gasteiger partial charge in [0, 0.05) is 12.7 Å². The summed E-state index contributed by atoms with van der Waals surface area (Å²) in [6, 6.07) is 7.52. The summed E-state index contributed by atoms with van der Waals surface area (Å²) in [6.45, 7) is 1.88. The maximum atomic E-state index is 11.1. The van der Waals surface area contributed by atoms with E-state index in [1.54, 1.807) is 12.1 Å². The molecule has 1 aromatic carbocycles. The van der Waals surface area contributed by atoms with E-state index < -0.39 is 10.0 Å². The highest BCUT2D eigenvalue weighted by Gasteiger charge is 2.20. The van der Waals surface area contributed by atoms with Gasteiger partial charge in [0.15, 0.2) is 0 Å². The molecule has 0 unspecified atom stereocenters. The molecule has 0 fully saturated rings. The highest BCUT2D eigenvalue weighted by Crippen LogP contribution is 2.13. The van der Waals surface area contributed by atoms with Crippen LogP contribution < -0.4 is 17.1 Å². The molecular weight excluding hydrogens is 310 g/mol. The van der Waals surface area contributed by atoms with Gasteiger partial charge in [0.2, 0.25) is 10.0 Å². The Morgan fingerprint density at radius 1 is 1.29 bits per heavy atom. The van der Waals surface area contributed by atoms with Crippen molar-refractivity contribution < 1.29 is 20.8 Å². The predicted octanol–water partition coefficient (Wildman–Crippen LogP) is -1.53. The summed E-state index contributed by atoms with van der Waals surface area (Å²) in [5.41, 5.74) is 1.81. The molecule has 0 atom stereocenters. The number of hydrogen-bond donors (Lipinski definition) is 1. The summed E-state index contributed by atoms with van der Waals surface area (Å²) in [7, 11) is -1.17. The first-order chi connectivity index (χ1) is 9.42. The van der Waals surface area contributed by atoms with Gasteiger partial charge in [-0.2, -0.15) is 4.90 Å². The Bertz CT molecular complexity index is 572. The van der Waals surface area contributed by atoms with Crippen molar-refractivity contribution in [2.45, 2.75) is 12.8 Å². The second kappa shape index (κ2) is 7.50. The molecule has 0 radical (unpaired) electrons. The van der Waals surface area contributed by atoms with Gasteiger partial charge in [0.25, 0.3) is 6.20 Å². The molecule has 7 heteroatoms. The summed E-state index contributed by atoms with van der Waals surface area (Å²) in [5, 5.41) is 0. The lowest BCUT2D eigenvalue weighted by Crippen LogP contribution is -3.00. The molecule has 0 aliphatic carbocycles. The average Bonchev–Trinajstić information content (AvgIpc) is 2.75. The minimum Gasteiger partial charge on any atom is -1.00 e. The zero-order valence-electron chi connectivity index (χ0n) is 12.2. The van der Waals surface area contributed by atoms with Gasteiger partial charge in [-0.05, 0) is 30.5 Å². The Labute approximate surface area is 133 Å². The van der Waals surface area contributed by atoms with Gasteiger partial charge in [-0.25, -0.2) is 8.42 Å². The van der Waals surface area contributed by atoms with E-state index in [0.29, 0.717) is 5.69 Å². The third-order valence-corrected chi connectivity index (χ3v) is 3.61. The number of hydrogen-bond acceptors (Lipinski definition) is 4. The molecule has 1 aromatic rings. The fourth-order valence-corrected chi connectivity index (χ4v) is 2.66. The summed E-state index contributed by atoms with van der Waals surface area (Å²) in [4.78, 5) is 4.24. The van der Waals surface area contributed by atoms with Crippen LogP contribution in [0.5, 0.6) is 0 Å². The second-order valence-electron chi connectivity index (χ2n) is 5.09. The van der Waals surface area contributed by atoms with Crippen molar-refractivity contribution in [3.63, 3.8) is 0 Å². The Morgan fingerprint density at radius 2 is 1.95 bits per heavy atom. The molecule has 116 valence electrons. The quantitative estimate of drug-likeness (QED) is 0.644. The topological polar surface area (TPSA) is 52.6 Å². The number of sulfonamides is 1. The average molecular weight is 330 g/mol. The molecule has 0 saturated heterocycles. The van der Waals surface area contributed by atoms with Crippen molar-refractivity contribution in [1.82, 2.24) is 9.80 Å². The highest BCUT2D eigenvalue weighted by molar-refractivity contribution is 7.92. The van der Waals surface area contributed by atoms with E-state index in [1.807, 2.05) is 25.4 Å². The molecule has 1 heterocycles. The Balaban J connectivity index is 0.00000220. The summed E-state index contributed by atoms with van der Waals surface area (Å²) >= 11 is 0. The normalized spacial score (nSPS) is 13.8. The van der Waals surface area contributed by atoms with Crippen molar-refractivity contribution in [2.24, 2.45) is 0 Å². The van der Waals surface area contributed by atoms with Crippen molar-refractivity contribution in [3.05, 3.63) is 42.2 Å². The molecule has 0 aromatic heterocycles. The van der Waals surface area contributed by atoms with Gasteiger partial charge >= 0.3 is 6.20 Å². The highest BCUT2D eigenvalue weighted by atomic mass is 35.5. The van der Waals surface area contributed by atoms with Crippen molar-refractivity contribution in [1.29, 1.82) is 0 Å². The number of benzene rings is 1. The molecule has 1 N–H and O–H groups in total. The lowest BCUT2D eigenvalue weighted by molar-refractivity contribution is -0.00000668. The summed E-state index contributed by atoms with van der Waals surface area (Å²) in [6.07, 6.45) is 8.31. The van der Waals surface area contributed by atoms with Gasteiger partial charge in [-0.1, -0.05) is 12.1 Å². The SMILES string of the molecule is CN1C=[C+]N(CCCc2ccc(NS(C)(=O)=O)cc2)C1.[Cl-]. The zero-order valence-corrected chi connectivity index (χ0v) is 13.8. The molecule has 2 rings (SSSR count). The Hall–Kier alpha value is -1.49. The minimum absolute atomic E-state index is 0. The van der Waals surface area contributed by atoms with E-state index in [1.165, 1.54) is 5.56 Å². The van der Waals surface area contributed by atoms with E-state index in [9.17, 15) is 8.42 Å². The largest absolute Gasteiger partial charge is 1.00 e. The second-order valence-corrected chi connectivity index (χ2v) is 6.84. The molecule has 0 amide bonds. The molecule has 1 aliphatic rings. The van der Waals surface area contributed by atoms with Crippen LogP contribution in [0.15, 0.2) is 30.5 Å². The van der Waals surface area contributed by atoms with Gasteiger partial charge in [-0.3, -0.25) is 4.72 Å². The molecule has 21 heavy (non-hydrogen) atoms. The minimum atomic E-state index is -3.20. The van der Waals surface area contributed by atoms with Gasteiger partial charge in [0.05, 0.1) is 12.8 Å². The van der Waals surface area contributed by atoms with E-state index in [4.69, 9.17) is 0 Å². The molecule has 0 spiro atoms. The van der Waals surface area contributed by atoms with Crippen LogP contribution in [0, 0.1) is 6.20 Å². The maximum absolute atomic E-state index is 11.1. The molecule has 0 bridgehead atoms.